The van der Waals surface area contributed by atoms with Crippen molar-refractivity contribution in [3.05, 3.63) is 11.9 Å². The molecule has 0 aliphatic rings. The number of nitrogens with one attached hydrogen (secondary N) is 1. The van der Waals surface area contributed by atoms with Crippen LogP contribution in [0.25, 0.3) is 0 Å². The van der Waals surface area contributed by atoms with Gasteiger partial charge in [0.1, 0.15) is 4.90 Å². The number of hydrogen-bond donors (Lipinski definition) is 1. The number of unbranched alkanes of at least 4 members (excludes halogenated alkanes) is 2. The van der Waals surface area contributed by atoms with E-state index >= 15 is 0 Å². The van der Waals surface area contributed by atoms with Crippen LogP contribution in [0, 0.1) is 6.92 Å². The van der Waals surface area contributed by atoms with Gasteiger partial charge in [-0.15, -0.1) is 0 Å². The number of aromatic nitrogens is 2. The highest BCUT2D eigenvalue weighted by atomic mass is 32.2. The van der Waals surface area contributed by atoms with Gasteiger partial charge in [-0.05, 0) is 27.2 Å². The lowest BCUT2D eigenvalue weighted by Gasteiger charge is -2.13. The number of hydrogen-bond acceptors (Lipinski definition) is 3. The summed E-state index contributed by atoms with van der Waals surface area (Å²) in [6.45, 7) is 8.45. The summed E-state index contributed by atoms with van der Waals surface area (Å²) in [7, 11) is -3.45. The van der Waals surface area contributed by atoms with Crippen molar-refractivity contribution >= 4 is 10.0 Å². The summed E-state index contributed by atoms with van der Waals surface area (Å²) < 4.78 is 28.9. The van der Waals surface area contributed by atoms with Gasteiger partial charge in [0, 0.05) is 12.6 Å². The van der Waals surface area contributed by atoms with Crippen LogP contribution in [0.1, 0.15) is 52.1 Å². The van der Waals surface area contributed by atoms with E-state index in [0.717, 1.165) is 25.7 Å². The molecule has 0 fully saturated rings. The van der Waals surface area contributed by atoms with Crippen molar-refractivity contribution in [2.45, 2.75) is 70.9 Å². The van der Waals surface area contributed by atoms with Crippen LogP contribution in [0.15, 0.2) is 11.1 Å². The summed E-state index contributed by atoms with van der Waals surface area (Å²) in [5, 5.41) is 4.08. The van der Waals surface area contributed by atoms with E-state index < -0.39 is 10.0 Å². The normalized spacial score (nSPS) is 13.7. The lowest BCUT2D eigenvalue weighted by Crippen LogP contribution is -2.32. The van der Waals surface area contributed by atoms with Gasteiger partial charge in [0.05, 0.1) is 11.9 Å². The van der Waals surface area contributed by atoms with Crippen LogP contribution >= 0.6 is 0 Å². The predicted molar refractivity (Wildman–Crippen MR) is 76.6 cm³/mol. The average molecular weight is 287 g/mol. The van der Waals surface area contributed by atoms with Crippen molar-refractivity contribution in [2.24, 2.45) is 0 Å². The van der Waals surface area contributed by atoms with Crippen molar-refractivity contribution in [1.29, 1.82) is 0 Å². The van der Waals surface area contributed by atoms with Crippen molar-refractivity contribution in [2.75, 3.05) is 0 Å². The van der Waals surface area contributed by atoms with Gasteiger partial charge in [-0.25, -0.2) is 13.1 Å². The molecular formula is C13H25N3O2S. The standard InChI is InChI=1S/C13H25N3O2S/c1-5-7-8-9-11(3)15-19(17,18)13-10-14-16(6-2)12(13)4/h10-11,15H,5-9H2,1-4H3. The fraction of sp³-hybridized carbons (Fsp3) is 0.769. The van der Waals surface area contributed by atoms with E-state index in [4.69, 9.17) is 0 Å². The topological polar surface area (TPSA) is 64.0 Å². The lowest BCUT2D eigenvalue weighted by molar-refractivity contribution is 0.526. The monoisotopic (exact) mass is 287 g/mol. The van der Waals surface area contributed by atoms with Crippen LogP contribution in [0.3, 0.4) is 0 Å². The minimum Gasteiger partial charge on any atom is -0.269 e. The van der Waals surface area contributed by atoms with Crippen LogP contribution in [0.5, 0.6) is 0 Å². The lowest BCUT2D eigenvalue weighted by atomic mass is 10.1. The van der Waals surface area contributed by atoms with E-state index in [1.807, 2.05) is 13.8 Å². The molecule has 1 aromatic heterocycles. The van der Waals surface area contributed by atoms with E-state index in [0.29, 0.717) is 12.2 Å². The molecule has 19 heavy (non-hydrogen) atoms. The predicted octanol–water partition coefficient (Wildman–Crippen LogP) is 2.46. The summed E-state index contributed by atoms with van der Waals surface area (Å²) >= 11 is 0. The van der Waals surface area contributed by atoms with Gasteiger partial charge in [0.2, 0.25) is 10.0 Å². The Morgan fingerprint density at radius 2 is 2.05 bits per heavy atom. The zero-order valence-corrected chi connectivity index (χ0v) is 13.1. The Morgan fingerprint density at radius 1 is 1.37 bits per heavy atom. The molecule has 0 spiro atoms. The van der Waals surface area contributed by atoms with Crippen LogP contribution < -0.4 is 4.72 Å². The third kappa shape index (κ3) is 4.31. The van der Waals surface area contributed by atoms with E-state index in [9.17, 15) is 8.42 Å². The molecular weight excluding hydrogens is 262 g/mol. The first kappa shape index (κ1) is 16.2. The molecule has 0 saturated heterocycles. The smallest absolute Gasteiger partial charge is 0.244 e. The number of sulfonamides is 1. The molecule has 1 unspecified atom stereocenters. The molecule has 0 saturated carbocycles. The second-order valence-electron chi connectivity index (χ2n) is 4.93. The number of aryl methyl sites for hydroxylation is 1. The fourth-order valence-corrected chi connectivity index (χ4v) is 3.55. The zero-order valence-electron chi connectivity index (χ0n) is 12.3. The summed E-state index contributed by atoms with van der Waals surface area (Å²) in [5.74, 6) is 0. The molecule has 0 radical (unpaired) electrons. The minimum atomic E-state index is -3.45. The molecule has 5 nitrogen and oxygen atoms in total. The Kier molecular flexibility index (Phi) is 6.00. The Hall–Kier alpha value is -0.880. The zero-order chi connectivity index (χ0) is 14.5. The second-order valence-corrected chi connectivity index (χ2v) is 6.61. The van der Waals surface area contributed by atoms with Gasteiger partial charge in [0.15, 0.2) is 0 Å². The van der Waals surface area contributed by atoms with Crippen LogP contribution in [0.4, 0.5) is 0 Å². The van der Waals surface area contributed by atoms with Gasteiger partial charge in [-0.1, -0.05) is 26.2 Å². The minimum absolute atomic E-state index is 0.0408. The van der Waals surface area contributed by atoms with Crippen molar-refractivity contribution in [1.82, 2.24) is 14.5 Å². The molecule has 0 aliphatic heterocycles. The SMILES string of the molecule is CCCCCC(C)NS(=O)(=O)c1cnn(CC)c1C. The highest BCUT2D eigenvalue weighted by Gasteiger charge is 2.22. The maximum Gasteiger partial charge on any atom is 0.244 e. The fourth-order valence-electron chi connectivity index (χ4n) is 2.10. The first-order valence-corrected chi connectivity index (χ1v) is 8.45. The Balaban J connectivity index is 2.72. The number of nitrogens with zero attached hydrogens (tertiary/aromatic N) is 2. The molecule has 1 atom stereocenters. The average Bonchev–Trinajstić information content (AvgIpc) is 2.70. The van der Waals surface area contributed by atoms with E-state index in [2.05, 4.69) is 16.7 Å². The van der Waals surface area contributed by atoms with Crippen LogP contribution in [0.2, 0.25) is 0 Å². The maximum absolute atomic E-state index is 12.3. The number of rotatable bonds is 8. The molecule has 0 amide bonds. The van der Waals surface area contributed by atoms with E-state index in [1.165, 1.54) is 6.20 Å². The first-order valence-electron chi connectivity index (χ1n) is 6.97. The van der Waals surface area contributed by atoms with Crippen molar-refractivity contribution in [3.63, 3.8) is 0 Å². The molecule has 1 N–H and O–H groups in total. The summed E-state index contributed by atoms with van der Waals surface area (Å²) in [6, 6.07) is -0.0408. The molecule has 110 valence electrons. The largest absolute Gasteiger partial charge is 0.269 e. The maximum atomic E-state index is 12.3. The second kappa shape index (κ2) is 7.05. The molecule has 0 bridgehead atoms. The third-order valence-electron chi connectivity index (χ3n) is 3.24. The molecule has 6 heteroatoms. The molecule has 1 aromatic rings. The third-order valence-corrected chi connectivity index (χ3v) is 4.94. The Morgan fingerprint density at radius 3 is 2.58 bits per heavy atom. The Labute approximate surface area is 116 Å². The summed E-state index contributed by atoms with van der Waals surface area (Å²) in [4.78, 5) is 0.289. The molecule has 1 rings (SSSR count). The van der Waals surface area contributed by atoms with Gasteiger partial charge in [0.25, 0.3) is 0 Å². The van der Waals surface area contributed by atoms with Crippen LogP contribution in [-0.4, -0.2) is 24.2 Å². The van der Waals surface area contributed by atoms with Gasteiger partial charge < -0.3 is 0 Å². The highest BCUT2D eigenvalue weighted by Crippen LogP contribution is 2.15. The summed E-state index contributed by atoms with van der Waals surface area (Å²) in [6.07, 6.45) is 5.63. The van der Waals surface area contributed by atoms with E-state index in [1.54, 1.807) is 11.6 Å². The van der Waals surface area contributed by atoms with Crippen LogP contribution in [-0.2, 0) is 16.6 Å². The molecule has 0 aliphatic carbocycles. The molecule has 0 aromatic carbocycles. The van der Waals surface area contributed by atoms with Gasteiger partial charge in [-0.3, -0.25) is 4.68 Å². The highest BCUT2D eigenvalue weighted by molar-refractivity contribution is 7.89. The van der Waals surface area contributed by atoms with E-state index in [-0.39, 0.29) is 10.9 Å². The summed E-state index contributed by atoms with van der Waals surface area (Å²) in [5.41, 5.74) is 0.691. The van der Waals surface area contributed by atoms with Crippen molar-refractivity contribution < 1.29 is 8.42 Å². The quantitative estimate of drug-likeness (QED) is 0.747. The van der Waals surface area contributed by atoms with Gasteiger partial charge in [-0.2, -0.15) is 5.10 Å². The Bertz CT molecular complexity index is 494. The first-order chi connectivity index (χ1) is 8.92. The van der Waals surface area contributed by atoms with Gasteiger partial charge >= 0.3 is 0 Å². The van der Waals surface area contributed by atoms with Crippen molar-refractivity contribution in [3.8, 4) is 0 Å². The molecule has 1 heterocycles.